The number of benzene rings is 1. The summed E-state index contributed by atoms with van der Waals surface area (Å²) in [7, 11) is 0. The van der Waals surface area contributed by atoms with Gasteiger partial charge in [0.1, 0.15) is 12.1 Å². The van der Waals surface area contributed by atoms with Gasteiger partial charge in [-0.05, 0) is 45.7 Å². The van der Waals surface area contributed by atoms with Crippen molar-refractivity contribution in [1.82, 2.24) is 14.8 Å². The first-order valence-electron chi connectivity index (χ1n) is 4.48. The summed E-state index contributed by atoms with van der Waals surface area (Å²) in [6, 6.07) is 3.99. The molecule has 0 unspecified atom stereocenters. The van der Waals surface area contributed by atoms with Crippen molar-refractivity contribution in [2.75, 3.05) is 0 Å². The van der Waals surface area contributed by atoms with E-state index in [-0.39, 0.29) is 15.5 Å². The third-order valence-electron chi connectivity index (χ3n) is 1.93. The van der Waals surface area contributed by atoms with Gasteiger partial charge in [-0.2, -0.15) is 0 Å². The Bertz CT molecular complexity index is 572. The second kappa shape index (κ2) is 4.77. The molecule has 9 heteroatoms. The Labute approximate surface area is 112 Å². The summed E-state index contributed by atoms with van der Waals surface area (Å²) in [5.41, 5.74) is 0.506. The molecule has 0 spiro atoms. The molecule has 0 aliphatic heterocycles. The lowest BCUT2D eigenvalue weighted by Crippen LogP contribution is -2.17. The molecule has 4 nitrogen and oxygen atoms in total. The van der Waals surface area contributed by atoms with Gasteiger partial charge in [-0.3, -0.25) is 4.57 Å². The molecule has 1 aromatic carbocycles. The number of hydrogen-bond donors (Lipinski definition) is 0. The maximum atomic E-state index is 12.1. The molecule has 2 rings (SSSR count). The molecule has 0 amide bonds. The Hall–Kier alpha value is -1.28. The standard InChI is InChI=1S/C9H4BrClF3N3O/c10-6-3-5(17-4-15-16-8(17)11)1-2-7(6)18-9(12,13)14/h1-4H. The molecule has 0 aliphatic rings. The minimum Gasteiger partial charge on any atom is -0.405 e. The van der Waals surface area contributed by atoms with Crippen LogP contribution in [0.25, 0.3) is 5.69 Å². The fraction of sp³-hybridized carbons (Fsp3) is 0.111. The normalized spacial score (nSPS) is 11.6. The van der Waals surface area contributed by atoms with E-state index in [1.807, 2.05) is 0 Å². The molecule has 0 atom stereocenters. The Balaban J connectivity index is 2.34. The lowest BCUT2D eigenvalue weighted by molar-refractivity contribution is -0.274. The van der Waals surface area contributed by atoms with E-state index >= 15 is 0 Å². The maximum absolute atomic E-state index is 12.1. The van der Waals surface area contributed by atoms with E-state index in [1.165, 1.54) is 29.1 Å². The first-order valence-corrected chi connectivity index (χ1v) is 5.65. The first-order chi connectivity index (χ1) is 8.37. The third-order valence-corrected chi connectivity index (χ3v) is 2.80. The minimum atomic E-state index is -4.74. The van der Waals surface area contributed by atoms with Crippen LogP contribution in [0.1, 0.15) is 0 Å². The summed E-state index contributed by atoms with van der Waals surface area (Å²) in [4.78, 5) is 0. The largest absolute Gasteiger partial charge is 0.573 e. The summed E-state index contributed by atoms with van der Waals surface area (Å²) in [5.74, 6) is -0.338. The topological polar surface area (TPSA) is 39.9 Å². The molecular weight excluding hydrogens is 338 g/mol. The zero-order valence-corrected chi connectivity index (χ0v) is 10.8. The van der Waals surface area contributed by atoms with Crippen molar-refractivity contribution >= 4 is 27.5 Å². The number of rotatable bonds is 2. The van der Waals surface area contributed by atoms with Gasteiger partial charge in [0, 0.05) is 0 Å². The van der Waals surface area contributed by atoms with Crippen molar-refractivity contribution < 1.29 is 17.9 Å². The van der Waals surface area contributed by atoms with E-state index in [0.717, 1.165) is 0 Å². The summed E-state index contributed by atoms with van der Waals surface area (Å²) in [5, 5.41) is 7.22. The van der Waals surface area contributed by atoms with Crippen molar-refractivity contribution in [1.29, 1.82) is 0 Å². The predicted molar refractivity (Wildman–Crippen MR) is 60.8 cm³/mol. The van der Waals surface area contributed by atoms with Crippen LogP contribution in [0.15, 0.2) is 29.0 Å². The van der Waals surface area contributed by atoms with Crippen molar-refractivity contribution in [3.05, 3.63) is 34.3 Å². The molecular formula is C9H4BrClF3N3O. The fourth-order valence-electron chi connectivity index (χ4n) is 1.24. The SMILES string of the molecule is FC(F)(F)Oc1ccc(-n2cnnc2Cl)cc1Br. The van der Waals surface area contributed by atoms with Crippen molar-refractivity contribution in [2.45, 2.75) is 6.36 Å². The van der Waals surface area contributed by atoms with Gasteiger partial charge in [-0.15, -0.1) is 23.4 Å². The summed E-state index contributed by atoms with van der Waals surface area (Å²) in [6.45, 7) is 0. The van der Waals surface area contributed by atoms with Gasteiger partial charge in [0.2, 0.25) is 5.28 Å². The second-order valence-electron chi connectivity index (χ2n) is 3.13. The lowest BCUT2D eigenvalue weighted by Gasteiger charge is -2.11. The van der Waals surface area contributed by atoms with Crippen molar-refractivity contribution in [3.63, 3.8) is 0 Å². The van der Waals surface area contributed by atoms with Crippen LogP contribution in [0.3, 0.4) is 0 Å². The molecule has 1 heterocycles. The van der Waals surface area contributed by atoms with Crippen LogP contribution in [0.2, 0.25) is 5.28 Å². The van der Waals surface area contributed by atoms with Gasteiger partial charge in [0.15, 0.2) is 0 Å². The highest BCUT2D eigenvalue weighted by atomic mass is 79.9. The fourth-order valence-corrected chi connectivity index (χ4v) is 1.87. The van der Waals surface area contributed by atoms with E-state index in [4.69, 9.17) is 11.6 Å². The van der Waals surface area contributed by atoms with Gasteiger partial charge in [0.05, 0.1) is 10.2 Å². The summed E-state index contributed by atoms with van der Waals surface area (Å²) in [6.07, 6.45) is -3.40. The number of nitrogens with zero attached hydrogens (tertiary/aromatic N) is 3. The average molecular weight is 343 g/mol. The van der Waals surface area contributed by atoms with Gasteiger partial charge < -0.3 is 4.74 Å². The Morgan fingerprint density at radius 2 is 2.06 bits per heavy atom. The quantitative estimate of drug-likeness (QED) is 0.837. The Morgan fingerprint density at radius 1 is 1.33 bits per heavy atom. The van der Waals surface area contributed by atoms with E-state index in [2.05, 4.69) is 30.9 Å². The molecule has 18 heavy (non-hydrogen) atoms. The summed E-state index contributed by atoms with van der Waals surface area (Å²) >= 11 is 8.72. The molecule has 2 aromatic rings. The first kappa shape index (κ1) is 13.2. The predicted octanol–water partition coefficient (Wildman–Crippen LogP) is 3.58. The highest BCUT2D eigenvalue weighted by Gasteiger charge is 2.32. The Kier molecular flexibility index (Phi) is 3.49. The average Bonchev–Trinajstić information content (AvgIpc) is 2.66. The molecule has 0 N–H and O–H groups in total. The van der Waals surface area contributed by atoms with Crippen LogP contribution in [-0.2, 0) is 0 Å². The number of hydrogen-bond acceptors (Lipinski definition) is 3. The number of ether oxygens (including phenoxy) is 1. The smallest absolute Gasteiger partial charge is 0.405 e. The highest BCUT2D eigenvalue weighted by molar-refractivity contribution is 9.10. The van der Waals surface area contributed by atoms with Crippen LogP contribution >= 0.6 is 27.5 Å². The molecule has 1 aromatic heterocycles. The van der Waals surface area contributed by atoms with Crippen molar-refractivity contribution in [3.8, 4) is 11.4 Å². The van der Waals surface area contributed by atoms with Crippen LogP contribution in [0, 0.1) is 0 Å². The van der Waals surface area contributed by atoms with E-state index in [0.29, 0.717) is 5.69 Å². The molecule has 0 aliphatic carbocycles. The zero-order chi connectivity index (χ0) is 13.3. The molecule has 0 fully saturated rings. The molecule has 0 saturated carbocycles. The van der Waals surface area contributed by atoms with Crippen LogP contribution in [0.5, 0.6) is 5.75 Å². The third kappa shape index (κ3) is 2.94. The van der Waals surface area contributed by atoms with Crippen molar-refractivity contribution in [2.24, 2.45) is 0 Å². The van der Waals surface area contributed by atoms with Crippen LogP contribution in [-0.4, -0.2) is 21.1 Å². The number of alkyl halides is 3. The molecule has 0 bridgehead atoms. The lowest BCUT2D eigenvalue weighted by atomic mass is 10.3. The number of halogens is 5. The minimum absolute atomic E-state index is 0.103. The highest BCUT2D eigenvalue weighted by Crippen LogP contribution is 2.32. The summed E-state index contributed by atoms with van der Waals surface area (Å²) < 4.78 is 41.6. The van der Waals surface area contributed by atoms with Gasteiger partial charge in [-0.25, -0.2) is 0 Å². The van der Waals surface area contributed by atoms with E-state index in [9.17, 15) is 13.2 Å². The van der Waals surface area contributed by atoms with E-state index < -0.39 is 6.36 Å². The second-order valence-corrected chi connectivity index (χ2v) is 4.32. The van der Waals surface area contributed by atoms with Gasteiger partial charge in [-0.1, -0.05) is 0 Å². The van der Waals surface area contributed by atoms with Crippen LogP contribution in [0.4, 0.5) is 13.2 Å². The zero-order valence-electron chi connectivity index (χ0n) is 8.45. The Morgan fingerprint density at radius 3 is 2.56 bits per heavy atom. The molecule has 0 radical (unpaired) electrons. The monoisotopic (exact) mass is 341 g/mol. The number of aromatic nitrogens is 3. The maximum Gasteiger partial charge on any atom is 0.573 e. The van der Waals surface area contributed by atoms with Gasteiger partial charge in [0.25, 0.3) is 0 Å². The molecule has 96 valence electrons. The van der Waals surface area contributed by atoms with Gasteiger partial charge >= 0.3 is 6.36 Å². The van der Waals surface area contributed by atoms with E-state index in [1.54, 1.807) is 0 Å². The van der Waals surface area contributed by atoms with Crippen LogP contribution < -0.4 is 4.74 Å². The molecule has 0 saturated heterocycles.